The zero-order valence-electron chi connectivity index (χ0n) is 9.00. The molecule has 0 aliphatic heterocycles. The molecular weight excluding hydrogens is 279 g/mol. The average Bonchev–Trinajstić information content (AvgIpc) is 2.23. The molecule has 0 nitrogen and oxygen atoms in total. The molecule has 16 heavy (non-hydrogen) atoms. The van der Waals surface area contributed by atoms with E-state index in [0.29, 0.717) is 0 Å². The molecular formula is C13H10BrFMg. The van der Waals surface area contributed by atoms with Crippen LogP contribution in [-0.2, 0) is 0 Å². The maximum Gasteiger partial charge on any atom is 2.00 e. The van der Waals surface area contributed by atoms with Gasteiger partial charge in [-0.05, 0) is 30.2 Å². The summed E-state index contributed by atoms with van der Waals surface area (Å²) in [6.45, 7) is 1.98. The first-order valence-corrected chi connectivity index (χ1v) is 4.50. The van der Waals surface area contributed by atoms with Crippen LogP contribution < -0.4 is 17.0 Å². The molecule has 0 heterocycles. The quantitative estimate of drug-likeness (QED) is 0.521. The molecule has 0 spiro atoms. The Kier molecular flexibility index (Phi) is 6.87. The van der Waals surface area contributed by atoms with E-state index >= 15 is 0 Å². The Morgan fingerprint density at radius 3 is 2.31 bits per heavy atom. The van der Waals surface area contributed by atoms with Gasteiger partial charge in [0, 0.05) is 0 Å². The summed E-state index contributed by atoms with van der Waals surface area (Å²) in [5.41, 5.74) is 3.05. The first-order chi connectivity index (χ1) is 6.77. The molecule has 2 rings (SSSR count). The van der Waals surface area contributed by atoms with Crippen molar-refractivity contribution in [3.63, 3.8) is 0 Å². The zero-order valence-corrected chi connectivity index (χ0v) is 12.0. The molecule has 2 aromatic carbocycles. The third kappa shape index (κ3) is 3.58. The van der Waals surface area contributed by atoms with E-state index in [0.717, 1.165) is 16.7 Å². The normalized spacial score (nSPS) is 8.88. The Bertz CT molecular complexity index is 443. The predicted octanol–water partition coefficient (Wildman–Crippen LogP) is 0.225. The molecule has 0 unspecified atom stereocenters. The van der Waals surface area contributed by atoms with Crippen LogP contribution in [-0.4, -0.2) is 23.1 Å². The van der Waals surface area contributed by atoms with Crippen molar-refractivity contribution in [2.24, 2.45) is 0 Å². The molecule has 2 aromatic rings. The molecule has 0 saturated carbocycles. The average molecular weight is 289 g/mol. The number of halogens is 2. The second kappa shape index (κ2) is 7.04. The van der Waals surface area contributed by atoms with Gasteiger partial charge in [0.25, 0.3) is 0 Å². The van der Waals surface area contributed by atoms with Crippen molar-refractivity contribution in [3.05, 3.63) is 59.9 Å². The van der Waals surface area contributed by atoms with E-state index < -0.39 is 0 Å². The number of aryl methyl sites for hydroxylation is 1. The molecule has 78 valence electrons. The summed E-state index contributed by atoms with van der Waals surface area (Å²) in [6.07, 6.45) is 0. The third-order valence-electron chi connectivity index (χ3n) is 2.23. The minimum absolute atomic E-state index is 0. The van der Waals surface area contributed by atoms with Crippen LogP contribution in [0.3, 0.4) is 0 Å². The van der Waals surface area contributed by atoms with Crippen LogP contribution in [0.5, 0.6) is 0 Å². The van der Waals surface area contributed by atoms with E-state index in [4.69, 9.17) is 0 Å². The van der Waals surface area contributed by atoms with Gasteiger partial charge in [-0.2, -0.15) is 30.3 Å². The third-order valence-corrected chi connectivity index (χ3v) is 2.23. The summed E-state index contributed by atoms with van der Waals surface area (Å²) in [6, 6.07) is 15.3. The van der Waals surface area contributed by atoms with Gasteiger partial charge in [0.05, 0.1) is 0 Å². The van der Waals surface area contributed by atoms with Crippen LogP contribution in [0, 0.1) is 18.8 Å². The van der Waals surface area contributed by atoms with E-state index in [-0.39, 0.29) is 45.9 Å². The molecule has 0 aliphatic carbocycles. The van der Waals surface area contributed by atoms with Crippen LogP contribution in [0.15, 0.2) is 42.5 Å². The van der Waals surface area contributed by atoms with E-state index in [9.17, 15) is 4.39 Å². The van der Waals surface area contributed by atoms with Crippen LogP contribution >= 0.6 is 0 Å². The van der Waals surface area contributed by atoms with Gasteiger partial charge in [-0.1, -0.05) is 6.07 Å². The van der Waals surface area contributed by atoms with Gasteiger partial charge in [0.2, 0.25) is 0 Å². The number of benzene rings is 2. The number of hydrogen-bond donors (Lipinski definition) is 0. The summed E-state index contributed by atoms with van der Waals surface area (Å²) < 4.78 is 13.0. The minimum atomic E-state index is -0.196. The van der Waals surface area contributed by atoms with Crippen LogP contribution in [0.1, 0.15) is 5.56 Å². The maximum absolute atomic E-state index is 13.0. The first-order valence-electron chi connectivity index (χ1n) is 4.50. The summed E-state index contributed by atoms with van der Waals surface area (Å²) in [7, 11) is 0. The van der Waals surface area contributed by atoms with Gasteiger partial charge in [0.15, 0.2) is 0 Å². The summed E-state index contributed by atoms with van der Waals surface area (Å²) in [4.78, 5) is 0. The topological polar surface area (TPSA) is 0 Å². The van der Waals surface area contributed by atoms with Gasteiger partial charge in [-0.3, -0.25) is 0 Å². The van der Waals surface area contributed by atoms with Crippen molar-refractivity contribution in [2.75, 3.05) is 0 Å². The van der Waals surface area contributed by atoms with Crippen LogP contribution in [0.2, 0.25) is 0 Å². The van der Waals surface area contributed by atoms with Gasteiger partial charge >= 0.3 is 23.1 Å². The Morgan fingerprint density at radius 1 is 1.06 bits per heavy atom. The van der Waals surface area contributed by atoms with Crippen molar-refractivity contribution >= 4 is 23.1 Å². The van der Waals surface area contributed by atoms with Crippen molar-refractivity contribution in [1.82, 2.24) is 0 Å². The minimum Gasteiger partial charge on any atom is -1.00 e. The SMILES string of the molecule is Cc1ccc(F)cc1-c1cc[c-]cc1.[Br-].[Mg+2]. The largest absolute Gasteiger partial charge is 2.00 e. The van der Waals surface area contributed by atoms with E-state index in [1.165, 1.54) is 6.07 Å². The van der Waals surface area contributed by atoms with Gasteiger partial charge in [-0.25, -0.2) is 4.39 Å². The fourth-order valence-corrected chi connectivity index (χ4v) is 1.47. The van der Waals surface area contributed by atoms with Crippen molar-refractivity contribution in [2.45, 2.75) is 6.92 Å². The van der Waals surface area contributed by atoms with Gasteiger partial charge < -0.3 is 17.0 Å². The van der Waals surface area contributed by atoms with Crippen molar-refractivity contribution < 1.29 is 21.4 Å². The fraction of sp³-hybridized carbons (Fsp3) is 0.0769. The maximum atomic E-state index is 13.0. The van der Waals surface area contributed by atoms with Gasteiger partial charge in [-0.15, -0.1) is 5.56 Å². The Morgan fingerprint density at radius 2 is 1.69 bits per heavy atom. The van der Waals surface area contributed by atoms with Crippen LogP contribution in [0.25, 0.3) is 11.1 Å². The number of rotatable bonds is 1. The number of hydrogen-bond acceptors (Lipinski definition) is 0. The van der Waals surface area contributed by atoms with Gasteiger partial charge in [0.1, 0.15) is 5.82 Å². The second-order valence-electron chi connectivity index (χ2n) is 3.25. The Balaban J connectivity index is 0.00000112. The van der Waals surface area contributed by atoms with E-state index in [1.807, 2.05) is 31.2 Å². The van der Waals surface area contributed by atoms with E-state index in [2.05, 4.69) is 6.07 Å². The van der Waals surface area contributed by atoms with Crippen molar-refractivity contribution in [1.29, 1.82) is 0 Å². The smallest absolute Gasteiger partial charge is 1.00 e. The molecule has 3 heteroatoms. The Labute approximate surface area is 122 Å². The summed E-state index contributed by atoms with van der Waals surface area (Å²) >= 11 is 0. The molecule has 0 aliphatic rings. The molecule has 0 fully saturated rings. The molecule has 0 atom stereocenters. The standard InChI is InChI=1S/C13H10F.BrH.Mg/c1-10-7-8-12(14)9-13(10)11-5-3-2-4-6-11;;/h3-9H,1H3;1H;/q-1;;+2/p-1. The molecule has 0 saturated heterocycles. The zero-order chi connectivity index (χ0) is 9.97. The Hall–Kier alpha value is -0.384. The second-order valence-corrected chi connectivity index (χ2v) is 3.25. The molecule has 0 bridgehead atoms. The molecule has 0 amide bonds. The van der Waals surface area contributed by atoms with E-state index in [1.54, 1.807) is 12.1 Å². The fourth-order valence-electron chi connectivity index (χ4n) is 1.47. The monoisotopic (exact) mass is 288 g/mol. The first kappa shape index (κ1) is 15.6. The molecule has 0 aromatic heterocycles. The molecule has 0 N–H and O–H groups in total. The van der Waals surface area contributed by atoms with Crippen LogP contribution in [0.4, 0.5) is 4.39 Å². The predicted molar refractivity (Wildman–Crippen MR) is 61.2 cm³/mol. The van der Waals surface area contributed by atoms with Crippen molar-refractivity contribution in [3.8, 4) is 11.1 Å². The summed E-state index contributed by atoms with van der Waals surface area (Å²) in [5, 5.41) is 0. The summed E-state index contributed by atoms with van der Waals surface area (Å²) in [5.74, 6) is -0.196. The molecule has 0 radical (unpaired) electrons.